The average Bonchev–Trinajstić information content (AvgIpc) is 1.19. The summed E-state index contributed by atoms with van der Waals surface area (Å²) in [5.41, 5.74) is 0. The van der Waals surface area contributed by atoms with Crippen molar-refractivity contribution in [2.75, 3.05) is 0 Å². The Labute approximate surface area is 55.5 Å². The van der Waals surface area contributed by atoms with Crippen LogP contribution in [-0.2, 0) is 20.2 Å². The lowest BCUT2D eigenvalue weighted by molar-refractivity contribution is 0.137. The first kappa shape index (κ1) is 11.4. The molecule has 0 aliphatic heterocycles. The summed E-state index contributed by atoms with van der Waals surface area (Å²) in [7, 11) is -3.83. The van der Waals surface area contributed by atoms with E-state index in [4.69, 9.17) is 28.3 Å². The van der Waals surface area contributed by atoms with Gasteiger partial charge in [0.05, 0.1) is 0 Å². The summed E-state index contributed by atoms with van der Waals surface area (Å²) in [6, 6.07) is 0. The van der Waals surface area contributed by atoms with Gasteiger partial charge in [-0.2, -0.15) is 4.21 Å². The zero-order valence-corrected chi connectivity index (χ0v) is 5.55. The maximum atomic E-state index is 9.11. The number of carbonyl (C=O) groups is 1. The molecule has 0 amide bonds. The van der Waals surface area contributed by atoms with Gasteiger partial charge < -0.3 is 10.2 Å². The minimum atomic E-state index is -3.83. The molecule has 0 fully saturated rings. The van der Waals surface area contributed by atoms with Crippen molar-refractivity contribution in [3.63, 3.8) is 0 Å². The molecule has 9 heavy (non-hydrogen) atoms. The van der Waals surface area contributed by atoms with Gasteiger partial charge in [0.25, 0.3) is 9.05 Å². The average molecular weight is 176 g/mol. The third-order valence-corrected chi connectivity index (χ3v) is 0. The van der Waals surface area contributed by atoms with E-state index < -0.39 is 15.2 Å². The SMILES string of the molecule is O=C(O)O.O=S(O)(O)=S. The minimum Gasteiger partial charge on any atom is -0.450 e. The summed E-state index contributed by atoms with van der Waals surface area (Å²) < 4.78 is 24.0. The Morgan fingerprint density at radius 1 is 1.33 bits per heavy atom. The normalized spacial score (nSPS) is 9.11. The van der Waals surface area contributed by atoms with Crippen molar-refractivity contribution < 1.29 is 28.3 Å². The fraction of sp³-hybridized carbons (Fsp3) is 0. The summed E-state index contributed by atoms with van der Waals surface area (Å²) in [5.74, 6) is 0. The molecule has 0 unspecified atom stereocenters. The lowest BCUT2D eigenvalue weighted by Gasteiger charge is -1.73. The molecule has 6 nitrogen and oxygen atoms in total. The highest BCUT2D eigenvalue weighted by atomic mass is 32.9. The number of hydrogen-bond acceptors (Lipinski definition) is 3. The Morgan fingerprint density at radius 3 is 1.33 bits per heavy atom. The van der Waals surface area contributed by atoms with E-state index in [-0.39, 0.29) is 0 Å². The number of carboxylic acid groups (broad SMARTS) is 2. The van der Waals surface area contributed by atoms with Crippen molar-refractivity contribution in [2.24, 2.45) is 0 Å². The standard InChI is InChI=1S/CH2O3.H2O3S2/c2-1(3)4;1-5(2,3)4/h(H2,2,3,4);(H2,1,2,3,4). The highest BCUT2D eigenvalue weighted by molar-refractivity contribution is 8.26. The second kappa shape index (κ2) is 4.44. The van der Waals surface area contributed by atoms with Crippen LogP contribution in [0.1, 0.15) is 0 Å². The minimum absolute atomic E-state index is 1.83. The molecule has 0 rings (SSSR count). The highest BCUT2D eigenvalue weighted by Crippen LogP contribution is 1.62. The van der Waals surface area contributed by atoms with Crippen LogP contribution in [0, 0.1) is 0 Å². The molecule has 0 aliphatic carbocycles. The Bertz CT molecular complexity index is 153. The molecule has 0 spiro atoms. The number of rotatable bonds is 0. The van der Waals surface area contributed by atoms with Crippen LogP contribution < -0.4 is 0 Å². The van der Waals surface area contributed by atoms with E-state index >= 15 is 0 Å². The molecule has 56 valence electrons. The van der Waals surface area contributed by atoms with Gasteiger partial charge in [0, 0.05) is 11.2 Å². The van der Waals surface area contributed by atoms with Crippen LogP contribution in [0.15, 0.2) is 0 Å². The predicted molar refractivity (Wildman–Crippen MR) is 31.4 cm³/mol. The van der Waals surface area contributed by atoms with Crippen LogP contribution in [0.4, 0.5) is 4.79 Å². The monoisotopic (exact) mass is 176 g/mol. The molecule has 0 heterocycles. The summed E-state index contributed by atoms with van der Waals surface area (Å²) >= 11 is 3.47. The molecule has 0 aromatic carbocycles. The molecule has 0 atom stereocenters. The zero-order valence-electron chi connectivity index (χ0n) is 3.92. The first-order valence-corrected chi connectivity index (χ1v) is 3.75. The third-order valence-electron chi connectivity index (χ3n) is 0. The summed E-state index contributed by atoms with van der Waals surface area (Å²) in [6.45, 7) is 0. The summed E-state index contributed by atoms with van der Waals surface area (Å²) in [4.78, 5) is 8.56. The van der Waals surface area contributed by atoms with Crippen LogP contribution in [0.3, 0.4) is 0 Å². The van der Waals surface area contributed by atoms with Gasteiger partial charge in [0.15, 0.2) is 0 Å². The maximum absolute atomic E-state index is 9.11. The Hall–Kier alpha value is -0.440. The van der Waals surface area contributed by atoms with Gasteiger partial charge in [-0.3, -0.25) is 9.11 Å². The van der Waals surface area contributed by atoms with Crippen LogP contribution >= 0.6 is 0 Å². The van der Waals surface area contributed by atoms with Crippen LogP contribution in [0.25, 0.3) is 0 Å². The fourth-order valence-corrected chi connectivity index (χ4v) is 0. The van der Waals surface area contributed by atoms with Crippen molar-refractivity contribution in [1.29, 1.82) is 0 Å². The molecular weight excluding hydrogens is 172 g/mol. The first-order valence-electron chi connectivity index (χ1n) is 1.35. The summed E-state index contributed by atoms with van der Waals surface area (Å²) in [5, 5.41) is 13.9. The van der Waals surface area contributed by atoms with Crippen molar-refractivity contribution in [3.05, 3.63) is 0 Å². The van der Waals surface area contributed by atoms with Gasteiger partial charge in [-0.25, -0.2) is 4.79 Å². The second-order valence-corrected chi connectivity index (χ2v) is 2.93. The largest absolute Gasteiger partial charge is 0.503 e. The van der Waals surface area contributed by atoms with Crippen molar-refractivity contribution >= 4 is 26.4 Å². The molecule has 4 N–H and O–H groups in total. The third kappa shape index (κ3) is 1210. The second-order valence-electron chi connectivity index (χ2n) is 0.730. The van der Waals surface area contributed by atoms with Gasteiger partial charge in [-0.1, -0.05) is 0 Å². The molecule has 0 bridgehead atoms. The van der Waals surface area contributed by atoms with E-state index in [1.807, 2.05) is 0 Å². The molecular formula is CH4O6S2. The van der Waals surface area contributed by atoms with E-state index in [1.165, 1.54) is 0 Å². The highest BCUT2D eigenvalue weighted by Gasteiger charge is 1.78. The molecule has 0 radical (unpaired) electrons. The van der Waals surface area contributed by atoms with Gasteiger partial charge in [-0.15, -0.1) is 0 Å². The van der Waals surface area contributed by atoms with Crippen LogP contribution in [0.5, 0.6) is 0 Å². The lowest BCUT2D eigenvalue weighted by Crippen LogP contribution is -1.86. The first-order chi connectivity index (χ1) is 3.73. The fourth-order valence-electron chi connectivity index (χ4n) is 0. The molecule has 0 aromatic heterocycles. The van der Waals surface area contributed by atoms with Gasteiger partial charge in [0.2, 0.25) is 0 Å². The van der Waals surface area contributed by atoms with Crippen molar-refractivity contribution in [3.8, 4) is 0 Å². The number of hydrogen-bond donors (Lipinski definition) is 4. The Kier molecular flexibility index (Phi) is 5.61. The molecule has 0 aliphatic rings. The lowest BCUT2D eigenvalue weighted by atomic mass is 11.5. The Balaban J connectivity index is 0. The molecule has 8 heteroatoms. The van der Waals surface area contributed by atoms with Crippen LogP contribution in [-0.4, -0.2) is 29.7 Å². The van der Waals surface area contributed by atoms with E-state index in [9.17, 15) is 0 Å². The summed E-state index contributed by atoms with van der Waals surface area (Å²) in [6.07, 6.45) is -1.83. The van der Waals surface area contributed by atoms with E-state index in [0.29, 0.717) is 0 Å². The maximum Gasteiger partial charge on any atom is 0.503 e. The van der Waals surface area contributed by atoms with Gasteiger partial charge >= 0.3 is 6.16 Å². The van der Waals surface area contributed by atoms with E-state index in [1.54, 1.807) is 0 Å². The van der Waals surface area contributed by atoms with E-state index in [0.717, 1.165) is 0 Å². The predicted octanol–water partition coefficient (Wildman–Crippen LogP) is -0.0989. The quantitative estimate of drug-likeness (QED) is 0.407. The van der Waals surface area contributed by atoms with Crippen LogP contribution in [0.2, 0.25) is 0 Å². The van der Waals surface area contributed by atoms with Gasteiger partial charge in [-0.05, 0) is 0 Å². The zero-order chi connectivity index (χ0) is 8.08. The topological polar surface area (TPSA) is 115 Å². The molecule has 0 aromatic rings. The van der Waals surface area contributed by atoms with E-state index in [2.05, 4.69) is 11.2 Å². The molecule has 0 saturated heterocycles. The smallest absolute Gasteiger partial charge is 0.450 e. The van der Waals surface area contributed by atoms with Crippen molar-refractivity contribution in [2.45, 2.75) is 0 Å². The van der Waals surface area contributed by atoms with Crippen molar-refractivity contribution in [1.82, 2.24) is 0 Å². The Morgan fingerprint density at radius 2 is 1.33 bits per heavy atom. The molecule has 0 saturated carbocycles. The van der Waals surface area contributed by atoms with Gasteiger partial charge in [0.1, 0.15) is 0 Å².